The molecule has 3 aromatic rings. The maximum Gasteiger partial charge on any atom is 0.166 e. The Hall–Kier alpha value is -3.05. The highest BCUT2D eigenvalue weighted by Crippen LogP contribution is 2.37. The largest absolute Gasteiger partial charge is 0.489 e. The Bertz CT molecular complexity index is 1170. The minimum Gasteiger partial charge on any atom is -0.489 e. The Morgan fingerprint density at radius 1 is 0.889 bits per heavy atom. The van der Waals surface area contributed by atoms with Gasteiger partial charge in [0.05, 0.1) is 6.10 Å². The second-order valence-corrected chi connectivity index (χ2v) is 9.31. The van der Waals surface area contributed by atoms with Crippen LogP contribution >= 0.6 is 0 Å². The van der Waals surface area contributed by atoms with Gasteiger partial charge >= 0.3 is 0 Å². The first kappa shape index (κ1) is 26.0. The van der Waals surface area contributed by atoms with Crippen molar-refractivity contribution >= 4 is 0 Å². The monoisotopic (exact) mass is 494 g/mol. The number of hydrogen-bond acceptors (Lipinski definition) is 2. The Morgan fingerprint density at radius 3 is 2.31 bits per heavy atom. The van der Waals surface area contributed by atoms with Gasteiger partial charge in [-0.1, -0.05) is 55.1 Å². The lowest BCUT2D eigenvalue weighted by Gasteiger charge is -2.29. The fourth-order valence-electron chi connectivity index (χ4n) is 4.98. The van der Waals surface area contributed by atoms with Gasteiger partial charge in [-0.25, -0.2) is 13.2 Å². The van der Waals surface area contributed by atoms with Gasteiger partial charge < -0.3 is 9.47 Å². The van der Waals surface area contributed by atoms with Gasteiger partial charge in [0.2, 0.25) is 0 Å². The lowest BCUT2D eigenvalue weighted by molar-refractivity contribution is 0.0325. The van der Waals surface area contributed by atoms with Crippen LogP contribution in [0.4, 0.5) is 13.2 Å². The van der Waals surface area contributed by atoms with Crippen LogP contribution in [0.25, 0.3) is 11.1 Å². The molecule has 1 aliphatic rings. The van der Waals surface area contributed by atoms with E-state index in [1.807, 2.05) is 19.1 Å². The predicted molar refractivity (Wildman–Crippen MR) is 138 cm³/mol. The van der Waals surface area contributed by atoms with Crippen molar-refractivity contribution in [2.75, 3.05) is 13.2 Å². The van der Waals surface area contributed by atoms with Crippen molar-refractivity contribution < 1.29 is 22.6 Å². The Labute approximate surface area is 211 Å². The zero-order valence-corrected chi connectivity index (χ0v) is 20.7. The van der Waals surface area contributed by atoms with Crippen LogP contribution < -0.4 is 4.74 Å². The first-order valence-electron chi connectivity index (χ1n) is 12.7. The van der Waals surface area contributed by atoms with Crippen LogP contribution in [0.1, 0.15) is 55.2 Å². The van der Waals surface area contributed by atoms with Gasteiger partial charge in [-0.15, -0.1) is 0 Å². The fraction of sp³-hybridized carbons (Fsp3) is 0.355. The standard InChI is InChI=1S/C31H33F3O2/c1-3-19-36-26-16-13-24(29(32)20-26)10-7-21-5-8-22(9-6-21)27-17-18-28(31(34)30(27)33)23-11-14-25(15-12-23)35-4-2/h3,5-6,8-9,13,16-18,20,23,25H,1,4,7,10-12,14-15,19H2,2H3. The van der Waals surface area contributed by atoms with E-state index >= 15 is 8.78 Å². The molecule has 4 rings (SSSR count). The minimum absolute atomic E-state index is 0.0237. The molecule has 0 saturated heterocycles. The molecule has 1 aliphatic carbocycles. The summed E-state index contributed by atoms with van der Waals surface area (Å²) in [4.78, 5) is 0. The van der Waals surface area contributed by atoms with Gasteiger partial charge in [0.25, 0.3) is 0 Å². The second kappa shape index (κ2) is 12.3. The van der Waals surface area contributed by atoms with Crippen LogP contribution in [0.3, 0.4) is 0 Å². The van der Waals surface area contributed by atoms with Crippen molar-refractivity contribution in [3.05, 3.63) is 101 Å². The lowest BCUT2D eigenvalue weighted by atomic mass is 9.82. The normalized spacial score (nSPS) is 17.7. The molecule has 0 bridgehead atoms. The molecule has 0 amide bonds. The summed E-state index contributed by atoms with van der Waals surface area (Å²) in [6.07, 6.45) is 6.35. The van der Waals surface area contributed by atoms with E-state index in [4.69, 9.17) is 9.47 Å². The molecule has 5 heteroatoms. The maximum absolute atomic E-state index is 15.1. The summed E-state index contributed by atoms with van der Waals surface area (Å²) in [5.41, 5.74) is 2.94. The molecule has 2 nitrogen and oxygen atoms in total. The van der Waals surface area contributed by atoms with Gasteiger partial charge in [-0.3, -0.25) is 0 Å². The van der Waals surface area contributed by atoms with E-state index in [0.717, 1.165) is 31.2 Å². The highest BCUT2D eigenvalue weighted by Gasteiger charge is 2.26. The van der Waals surface area contributed by atoms with E-state index in [2.05, 4.69) is 6.58 Å². The Balaban J connectivity index is 1.40. The first-order valence-corrected chi connectivity index (χ1v) is 12.7. The number of ether oxygens (including phenoxy) is 2. The number of benzene rings is 3. The molecule has 0 N–H and O–H groups in total. The molecular weight excluding hydrogens is 461 g/mol. The maximum atomic E-state index is 15.1. The molecule has 0 spiro atoms. The number of aryl methyl sites for hydroxylation is 2. The Morgan fingerprint density at radius 2 is 1.64 bits per heavy atom. The quantitative estimate of drug-likeness (QED) is 0.265. The molecule has 36 heavy (non-hydrogen) atoms. The number of halogens is 3. The molecule has 1 saturated carbocycles. The highest BCUT2D eigenvalue weighted by molar-refractivity contribution is 5.65. The summed E-state index contributed by atoms with van der Waals surface area (Å²) in [7, 11) is 0. The molecule has 0 atom stereocenters. The van der Waals surface area contributed by atoms with E-state index in [-0.39, 0.29) is 23.4 Å². The van der Waals surface area contributed by atoms with E-state index in [9.17, 15) is 4.39 Å². The van der Waals surface area contributed by atoms with Gasteiger partial charge in [0, 0.05) is 18.2 Å². The molecule has 0 unspecified atom stereocenters. The van der Waals surface area contributed by atoms with Crippen molar-refractivity contribution in [2.24, 2.45) is 0 Å². The summed E-state index contributed by atoms with van der Waals surface area (Å²) < 4.78 is 55.5. The molecule has 3 aromatic carbocycles. The van der Waals surface area contributed by atoms with Gasteiger partial charge in [-0.2, -0.15) is 0 Å². The van der Waals surface area contributed by atoms with Crippen molar-refractivity contribution in [1.82, 2.24) is 0 Å². The number of rotatable bonds is 10. The van der Waals surface area contributed by atoms with Crippen LogP contribution in [0.2, 0.25) is 0 Å². The van der Waals surface area contributed by atoms with Crippen molar-refractivity contribution in [2.45, 2.75) is 57.5 Å². The van der Waals surface area contributed by atoms with Crippen molar-refractivity contribution in [3.63, 3.8) is 0 Å². The Kier molecular flexibility index (Phi) is 8.87. The summed E-state index contributed by atoms with van der Waals surface area (Å²) in [6.45, 7) is 6.57. The lowest BCUT2D eigenvalue weighted by Crippen LogP contribution is -2.21. The summed E-state index contributed by atoms with van der Waals surface area (Å²) in [5.74, 6) is -1.35. The summed E-state index contributed by atoms with van der Waals surface area (Å²) in [6, 6.07) is 15.6. The molecule has 0 radical (unpaired) electrons. The molecule has 0 aliphatic heterocycles. The van der Waals surface area contributed by atoms with Crippen LogP contribution in [0.15, 0.2) is 67.3 Å². The fourth-order valence-corrected chi connectivity index (χ4v) is 4.98. The van der Waals surface area contributed by atoms with E-state index in [0.29, 0.717) is 48.5 Å². The third-order valence-electron chi connectivity index (χ3n) is 6.97. The van der Waals surface area contributed by atoms with E-state index in [1.165, 1.54) is 6.07 Å². The summed E-state index contributed by atoms with van der Waals surface area (Å²) >= 11 is 0. The zero-order valence-electron chi connectivity index (χ0n) is 20.7. The third-order valence-corrected chi connectivity index (χ3v) is 6.97. The molecule has 1 fully saturated rings. The van der Waals surface area contributed by atoms with Crippen molar-refractivity contribution in [1.29, 1.82) is 0 Å². The molecule has 0 heterocycles. The molecule has 190 valence electrons. The SMILES string of the molecule is C=CCOc1ccc(CCc2ccc(-c3ccc(C4CCC(OCC)CC4)c(F)c3F)cc2)c(F)c1. The topological polar surface area (TPSA) is 18.5 Å². The number of hydrogen-bond donors (Lipinski definition) is 0. The van der Waals surface area contributed by atoms with Gasteiger partial charge in [0.1, 0.15) is 18.2 Å². The predicted octanol–water partition coefficient (Wildman–Crippen LogP) is 8.18. The second-order valence-electron chi connectivity index (χ2n) is 9.31. The van der Waals surface area contributed by atoms with Crippen LogP contribution in [0, 0.1) is 17.5 Å². The van der Waals surface area contributed by atoms with Crippen LogP contribution in [-0.4, -0.2) is 19.3 Å². The van der Waals surface area contributed by atoms with Crippen LogP contribution in [0.5, 0.6) is 5.75 Å². The minimum atomic E-state index is -0.798. The first-order chi connectivity index (χ1) is 17.5. The van der Waals surface area contributed by atoms with Gasteiger partial charge in [-0.05, 0) is 79.7 Å². The van der Waals surface area contributed by atoms with Crippen LogP contribution in [-0.2, 0) is 17.6 Å². The summed E-state index contributed by atoms with van der Waals surface area (Å²) in [5, 5.41) is 0. The van der Waals surface area contributed by atoms with E-state index < -0.39 is 11.6 Å². The van der Waals surface area contributed by atoms with Crippen molar-refractivity contribution in [3.8, 4) is 16.9 Å². The molecular formula is C31H33F3O2. The molecule has 0 aromatic heterocycles. The third kappa shape index (κ3) is 6.19. The van der Waals surface area contributed by atoms with E-state index in [1.54, 1.807) is 42.5 Å². The van der Waals surface area contributed by atoms with Gasteiger partial charge in [0.15, 0.2) is 11.6 Å². The zero-order chi connectivity index (χ0) is 25.5. The highest BCUT2D eigenvalue weighted by atomic mass is 19.2. The smallest absolute Gasteiger partial charge is 0.166 e. The average molecular weight is 495 g/mol. The average Bonchev–Trinajstić information content (AvgIpc) is 2.90.